The van der Waals surface area contributed by atoms with Crippen LogP contribution in [0.1, 0.15) is 32.8 Å². The van der Waals surface area contributed by atoms with E-state index in [1.807, 2.05) is 0 Å². The summed E-state index contributed by atoms with van der Waals surface area (Å²) >= 11 is 0. The topological polar surface area (TPSA) is 24.5 Å². The van der Waals surface area contributed by atoms with E-state index in [0.29, 0.717) is 0 Å². The van der Waals surface area contributed by atoms with E-state index in [9.17, 15) is 0 Å². The third-order valence-corrected chi connectivity index (χ3v) is 4.48. The summed E-state index contributed by atoms with van der Waals surface area (Å²) in [5.74, 6) is 0.966. The zero-order valence-corrected chi connectivity index (χ0v) is 15.0. The summed E-state index contributed by atoms with van der Waals surface area (Å²) in [6.07, 6.45) is 2.08. The Hall–Kier alpha value is -2.16. The van der Waals surface area contributed by atoms with Crippen LogP contribution in [0.3, 0.4) is 0 Å². The van der Waals surface area contributed by atoms with E-state index in [-0.39, 0.29) is 5.54 Å². The largest absolute Gasteiger partial charge is 0.494 e. The van der Waals surface area contributed by atoms with Crippen LogP contribution in [0.2, 0.25) is 0 Å². The fourth-order valence-corrected chi connectivity index (χ4v) is 3.29. The van der Waals surface area contributed by atoms with Crippen molar-refractivity contribution in [2.24, 2.45) is 0 Å². The Morgan fingerprint density at radius 2 is 1.83 bits per heavy atom. The molecule has 0 unspecified atom stereocenters. The molecule has 3 rings (SSSR count). The first-order valence-corrected chi connectivity index (χ1v) is 8.91. The van der Waals surface area contributed by atoms with Crippen molar-refractivity contribution in [3.8, 4) is 5.75 Å². The highest BCUT2D eigenvalue weighted by atomic mass is 16.5. The number of ether oxygens (including phenoxy) is 1. The number of aryl methyl sites for hydroxylation is 1. The molecule has 0 radical (unpaired) electrons. The quantitative estimate of drug-likeness (QED) is 0.778. The molecule has 3 nitrogen and oxygen atoms in total. The fraction of sp³-hybridized carbons (Fsp3) is 0.429. The van der Waals surface area contributed by atoms with Crippen LogP contribution < -0.4 is 15.0 Å². The van der Waals surface area contributed by atoms with Gasteiger partial charge in [0.25, 0.3) is 0 Å². The Morgan fingerprint density at radius 3 is 2.58 bits per heavy atom. The summed E-state index contributed by atoms with van der Waals surface area (Å²) in [6, 6.07) is 17.0. The van der Waals surface area contributed by atoms with Gasteiger partial charge in [-0.3, -0.25) is 0 Å². The lowest BCUT2D eigenvalue weighted by Crippen LogP contribution is -2.48. The van der Waals surface area contributed by atoms with Crippen LogP contribution in [0.15, 0.2) is 48.5 Å². The van der Waals surface area contributed by atoms with Gasteiger partial charge in [-0.25, -0.2) is 0 Å². The van der Waals surface area contributed by atoms with Crippen LogP contribution in [-0.2, 0) is 6.42 Å². The highest BCUT2D eigenvalue weighted by molar-refractivity contribution is 5.73. The van der Waals surface area contributed by atoms with Crippen molar-refractivity contribution in [3.05, 3.63) is 54.1 Å². The van der Waals surface area contributed by atoms with Crippen LogP contribution in [0.25, 0.3) is 0 Å². The van der Waals surface area contributed by atoms with E-state index in [2.05, 4.69) is 79.5 Å². The molecular weight excluding hydrogens is 296 g/mol. The Kier molecular flexibility index (Phi) is 4.98. The fourth-order valence-electron chi connectivity index (χ4n) is 3.29. The van der Waals surface area contributed by atoms with Crippen molar-refractivity contribution < 1.29 is 4.74 Å². The third-order valence-electron chi connectivity index (χ3n) is 4.48. The summed E-state index contributed by atoms with van der Waals surface area (Å²) in [5.41, 5.74) is 3.96. The van der Waals surface area contributed by atoms with Gasteiger partial charge in [-0.2, -0.15) is 0 Å². The van der Waals surface area contributed by atoms with Crippen LogP contribution in [0.5, 0.6) is 5.75 Å². The number of benzene rings is 2. The summed E-state index contributed by atoms with van der Waals surface area (Å²) in [6.45, 7) is 9.44. The second-order valence-electron chi connectivity index (χ2n) is 7.15. The number of para-hydroxylation sites is 2. The molecule has 1 aliphatic rings. The van der Waals surface area contributed by atoms with Gasteiger partial charge in [0.15, 0.2) is 0 Å². The molecule has 0 saturated heterocycles. The van der Waals surface area contributed by atoms with E-state index >= 15 is 0 Å². The van der Waals surface area contributed by atoms with Gasteiger partial charge < -0.3 is 15.0 Å². The number of anilines is 2. The number of rotatable bonds is 6. The predicted octanol–water partition coefficient (Wildman–Crippen LogP) is 4.73. The first-order valence-electron chi connectivity index (χ1n) is 8.91. The maximum atomic E-state index is 5.89. The maximum Gasteiger partial charge on any atom is 0.119 e. The molecule has 0 atom stereocenters. The molecule has 0 aliphatic carbocycles. The number of hydrogen-bond acceptors (Lipinski definition) is 3. The third kappa shape index (κ3) is 4.02. The van der Waals surface area contributed by atoms with Gasteiger partial charge in [0.1, 0.15) is 5.75 Å². The Morgan fingerprint density at radius 1 is 1.08 bits per heavy atom. The smallest absolute Gasteiger partial charge is 0.119 e. The Balaban J connectivity index is 1.54. The van der Waals surface area contributed by atoms with Gasteiger partial charge >= 0.3 is 0 Å². The summed E-state index contributed by atoms with van der Waals surface area (Å²) in [5, 5.41) is 3.62. The van der Waals surface area contributed by atoms with Crippen molar-refractivity contribution in [2.45, 2.75) is 39.2 Å². The van der Waals surface area contributed by atoms with Gasteiger partial charge in [-0.15, -0.1) is 0 Å². The lowest BCUT2D eigenvalue weighted by molar-refractivity contribution is 0.310. The normalized spacial score (nSPS) is 15.5. The van der Waals surface area contributed by atoms with E-state index in [0.717, 1.165) is 38.3 Å². The molecule has 0 bridgehead atoms. The van der Waals surface area contributed by atoms with Crippen LogP contribution in [0.4, 0.5) is 11.4 Å². The summed E-state index contributed by atoms with van der Waals surface area (Å²) < 4.78 is 5.89. The lowest BCUT2D eigenvalue weighted by atomic mass is 9.99. The van der Waals surface area contributed by atoms with E-state index in [1.54, 1.807) is 0 Å². The van der Waals surface area contributed by atoms with Crippen LogP contribution >= 0.6 is 0 Å². The first-order chi connectivity index (χ1) is 11.6. The molecule has 0 spiro atoms. The van der Waals surface area contributed by atoms with Crippen LogP contribution in [0, 0.1) is 0 Å². The van der Waals surface area contributed by atoms with Gasteiger partial charge in [-0.1, -0.05) is 31.2 Å². The molecule has 0 fully saturated rings. The average Bonchev–Trinajstić information content (AvgIpc) is 2.58. The predicted molar refractivity (Wildman–Crippen MR) is 102 cm³/mol. The number of nitrogens with zero attached hydrogens (tertiary/aromatic N) is 1. The zero-order chi connectivity index (χ0) is 17.0. The second kappa shape index (κ2) is 7.16. The number of nitrogens with one attached hydrogen (secondary N) is 1. The molecule has 128 valence electrons. The Labute approximate surface area is 145 Å². The summed E-state index contributed by atoms with van der Waals surface area (Å²) in [4.78, 5) is 2.47. The SMILES string of the molecule is CCc1ccc(OCCCN2CC(C)(C)Nc3ccccc32)cc1. The minimum atomic E-state index is 0.0885. The molecule has 1 heterocycles. The molecular formula is C21H28N2O. The molecule has 2 aromatic rings. The van der Waals surface area contributed by atoms with Crippen molar-refractivity contribution in [3.63, 3.8) is 0 Å². The van der Waals surface area contributed by atoms with Crippen LogP contribution in [-0.4, -0.2) is 25.2 Å². The number of fused-ring (bicyclic) bond motifs is 1. The molecule has 1 aliphatic heterocycles. The number of hydrogen-bond donors (Lipinski definition) is 1. The maximum absolute atomic E-state index is 5.89. The van der Waals surface area contributed by atoms with E-state index in [4.69, 9.17) is 4.74 Å². The molecule has 24 heavy (non-hydrogen) atoms. The minimum absolute atomic E-state index is 0.0885. The van der Waals surface area contributed by atoms with Gasteiger partial charge in [-0.05, 0) is 56.5 Å². The molecule has 3 heteroatoms. The first kappa shape index (κ1) is 16.7. The van der Waals surface area contributed by atoms with Gasteiger partial charge in [0.2, 0.25) is 0 Å². The van der Waals surface area contributed by atoms with Crippen molar-refractivity contribution >= 4 is 11.4 Å². The molecule has 2 aromatic carbocycles. The zero-order valence-electron chi connectivity index (χ0n) is 15.0. The minimum Gasteiger partial charge on any atom is -0.494 e. The molecule has 0 saturated carbocycles. The molecule has 0 aromatic heterocycles. The van der Waals surface area contributed by atoms with E-state index in [1.165, 1.54) is 16.9 Å². The summed E-state index contributed by atoms with van der Waals surface area (Å²) in [7, 11) is 0. The van der Waals surface area contributed by atoms with E-state index < -0.39 is 0 Å². The van der Waals surface area contributed by atoms with Gasteiger partial charge in [0.05, 0.1) is 18.0 Å². The van der Waals surface area contributed by atoms with Crippen molar-refractivity contribution in [1.29, 1.82) is 0 Å². The average molecular weight is 324 g/mol. The van der Waals surface area contributed by atoms with Crippen molar-refractivity contribution in [1.82, 2.24) is 0 Å². The highest BCUT2D eigenvalue weighted by Gasteiger charge is 2.28. The lowest BCUT2D eigenvalue weighted by Gasteiger charge is -2.42. The molecule has 1 N–H and O–H groups in total. The van der Waals surface area contributed by atoms with Crippen molar-refractivity contribution in [2.75, 3.05) is 29.9 Å². The monoisotopic (exact) mass is 324 g/mol. The highest BCUT2D eigenvalue weighted by Crippen LogP contribution is 2.34. The second-order valence-corrected chi connectivity index (χ2v) is 7.15. The Bertz CT molecular complexity index is 664. The standard InChI is InChI=1S/C21H28N2O/c1-4-17-10-12-18(13-11-17)24-15-7-14-23-16-21(2,3)22-19-8-5-6-9-20(19)23/h5-6,8-13,22H,4,7,14-16H2,1-3H3. The van der Waals surface area contributed by atoms with Gasteiger partial charge in [0, 0.05) is 18.6 Å². The molecule has 0 amide bonds.